The second-order valence-corrected chi connectivity index (χ2v) is 5.90. The number of anilines is 1. The summed E-state index contributed by atoms with van der Waals surface area (Å²) in [5.41, 5.74) is -0.0594. The minimum absolute atomic E-state index is 0.202. The highest BCUT2D eigenvalue weighted by atomic mass is 16.5. The maximum Gasteiger partial charge on any atom is 0.341 e. The van der Waals surface area contributed by atoms with Gasteiger partial charge in [0.05, 0.1) is 13.7 Å². The average Bonchev–Trinajstić information content (AvgIpc) is 3.40. The molecule has 2 rings (SSSR count). The van der Waals surface area contributed by atoms with Crippen LogP contribution in [0.5, 0.6) is 5.75 Å². The van der Waals surface area contributed by atoms with Crippen molar-refractivity contribution in [1.29, 1.82) is 0 Å². The Labute approximate surface area is 142 Å². The van der Waals surface area contributed by atoms with E-state index in [-0.39, 0.29) is 24.0 Å². The van der Waals surface area contributed by atoms with Gasteiger partial charge in [-0.15, -0.1) is 0 Å². The summed E-state index contributed by atoms with van der Waals surface area (Å²) in [6.45, 7) is 6.17. The molecule has 0 heterocycles. The second kappa shape index (κ2) is 7.66. The Morgan fingerprint density at radius 3 is 2.50 bits per heavy atom. The summed E-state index contributed by atoms with van der Waals surface area (Å²) in [5, 5.41) is 2.85. The van der Waals surface area contributed by atoms with E-state index in [1.807, 2.05) is 13.8 Å². The molecule has 0 spiro atoms. The molecule has 0 aromatic heterocycles. The number of nitrogens with one attached hydrogen (secondary N) is 1. The molecule has 1 aliphatic rings. The molecule has 1 aliphatic carbocycles. The Morgan fingerprint density at radius 1 is 1.25 bits per heavy atom. The third-order valence-electron chi connectivity index (χ3n) is 4.20. The largest absolute Gasteiger partial charge is 0.496 e. The standard InChI is InChI=1S/C18H25NO5/c1-5-23-16(20)14-11-13(9-10-15(14)22-4)19-17(21)18(3,24-6-2)12-7-8-12/h9-12H,5-8H2,1-4H3,(H,19,21). The first-order valence-corrected chi connectivity index (χ1v) is 8.26. The SMILES string of the molecule is CCOC(=O)c1cc(NC(=O)C(C)(OCC)C2CC2)ccc1OC. The van der Waals surface area contributed by atoms with Crippen LogP contribution in [0.1, 0.15) is 44.0 Å². The van der Waals surface area contributed by atoms with E-state index in [4.69, 9.17) is 14.2 Å². The van der Waals surface area contributed by atoms with Crippen LogP contribution >= 0.6 is 0 Å². The van der Waals surface area contributed by atoms with Gasteiger partial charge in [0.1, 0.15) is 16.9 Å². The first-order valence-electron chi connectivity index (χ1n) is 8.26. The zero-order valence-electron chi connectivity index (χ0n) is 14.7. The summed E-state index contributed by atoms with van der Waals surface area (Å²) in [7, 11) is 1.48. The van der Waals surface area contributed by atoms with Crippen LogP contribution < -0.4 is 10.1 Å². The van der Waals surface area contributed by atoms with E-state index in [9.17, 15) is 9.59 Å². The van der Waals surface area contributed by atoms with Gasteiger partial charge in [-0.3, -0.25) is 4.79 Å². The Hall–Kier alpha value is -2.08. The Balaban J connectivity index is 2.21. The van der Waals surface area contributed by atoms with Gasteiger partial charge in [-0.05, 0) is 57.7 Å². The number of esters is 1. The maximum absolute atomic E-state index is 12.7. The molecule has 1 amide bonds. The van der Waals surface area contributed by atoms with Crippen molar-refractivity contribution in [3.8, 4) is 5.75 Å². The van der Waals surface area contributed by atoms with Crippen molar-refractivity contribution in [2.24, 2.45) is 5.92 Å². The molecule has 132 valence electrons. The number of carbonyl (C=O) groups is 2. The summed E-state index contributed by atoms with van der Waals surface area (Å²) < 4.78 is 15.9. The van der Waals surface area contributed by atoms with E-state index in [2.05, 4.69) is 5.32 Å². The lowest BCUT2D eigenvalue weighted by atomic mass is 9.98. The van der Waals surface area contributed by atoms with Crippen LogP contribution in [-0.2, 0) is 14.3 Å². The number of amides is 1. The fourth-order valence-electron chi connectivity index (χ4n) is 2.71. The Bertz CT molecular complexity index is 611. The van der Waals surface area contributed by atoms with Crippen LogP contribution in [0.15, 0.2) is 18.2 Å². The Kier molecular flexibility index (Phi) is 5.83. The monoisotopic (exact) mass is 335 g/mol. The van der Waals surface area contributed by atoms with Gasteiger partial charge in [-0.1, -0.05) is 0 Å². The van der Waals surface area contributed by atoms with Crippen molar-refractivity contribution in [3.05, 3.63) is 23.8 Å². The van der Waals surface area contributed by atoms with Gasteiger partial charge in [0.25, 0.3) is 5.91 Å². The molecular weight excluding hydrogens is 310 g/mol. The van der Waals surface area contributed by atoms with Gasteiger partial charge in [-0.25, -0.2) is 4.79 Å². The number of hydrogen-bond acceptors (Lipinski definition) is 5. The van der Waals surface area contributed by atoms with Gasteiger partial charge >= 0.3 is 5.97 Å². The number of carbonyl (C=O) groups excluding carboxylic acids is 2. The number of hydrogen-bond donors (Lipinski definition) is 1. The number of benzene rings is 1. The number of ether oxygens (including phenoxy) is 3. The third-order valence-corrected chi connectivity index (χ3v) is 4.20. The predicted molar refractivity (Wildman–Crippen MR) is 90.3 cm³/mol. The van der Waals surface area contributed by atoms with E-state index < -0.39 is 11.6 Å². The van der Waals surface area contributed by atoms with Crippen LogP contribution in [0.25, 0.3) is 0 Å². The highest BCUT2D eigenvalue weighted by Crippen LogP contribution is 2.42. The normalized spacial score (nSPS) is 16.2. The first kappa shape index (κ1) is 18.3. The lowest BCUT2D eigenvalue weighted by molar-refractivity contribution is -0.141. The summed E-state index contributed by atoms with van der Waals surface area (Å²) in [4.78, 5) is 24.7. The van der Waals surface area contributed by atoms with E-state index >= 15 is 0 Å². The molecule has 1 saturated carbocycles. The lowest BCUT2D eigenvalue weighted by Crippen LogP contribution is -2.44. The van der Waals surface area contributed by atoms with E-state index in [1.54, 1.807) is 25.1 Å². The van der Waals surface area contributed by atoms with Crippen LogP contribution in [0.2, 0.25) is 0 Å². The maximum atomic E-state index is 12.7. The fourth-order valence-corrected chi connectivity index (χ4v) is 2.71. The van der Waals surface area contributed by atoms with Crippen LogP contribution in [0, 0.1) is 5.92 Å². The van der Waals surface area contributed by atoms with Crippen LogP contribution in [-0.4, -0.2) is 37.8 Å². The molecule has 1 unspecified atom stereocenters. The average molecular weight is 335 g/mol. The van der Waals surface area contributed by atoms with Gasteiger partial charge < -0.3 is 19.5 Å². The van der Waals surface area contributed by atoms with Crippen molar-refractivity contribution >= 4 is 17.6 Å². The fraction of sp³-hybridized carbons (Fsp3) is 0.556. The van der Waals surface area contributed by atoms with E-state index in [1.165, 1.54) is 7.11 Å². The smallest absolute Gasteiger partial charge is 0.341 e. The van der Waals surface area contributed by atoms with Gasteiger partial charge in [0.2, 0.25) is 0 Å². The molecule has 0 bridgehead atoms. The zero-order valence-corrected chi connectivity index (χ0v) is 14.7. The minimum Gasteiger partial charge on any atom is -0.496 e. The van der Waals surface area contributed by atoms with E-state index in [0.717, 1.165) is 12.8 Å². The molecule has 0 radical (unpaired) electrons. The molecule has 0 saturated heterocycles. The number of methoxy groups -OCH3 is 1. The van der Waals surface area contributed by atoms with Crippen LogP contribution in [0.4, 0.5) is 5.69 Å². The summed E-state index contributed by atoms with van der Waals surface area (Å²) in [5.74, 6) is -0.0477. The molecule has 0 aliphatic heterocycles. The molecule has 6 heteroatoms. The van der Waals surface area contributed by atoms with Crippen molar-refractivity contribution in [3.63, 3.8) is 0 Å². The highest BCUT2D eigenvalue weighted by molar-refractivity contribution is 6.00. The Morgan fingerprint density at radius 2 is 1.96 bits per heavy atom. The lowest BCUT2D eigenvalue weighted by Gasteiger charge is -2.28. The molecule has 1 fully saturated rings. The van der Waals surface area contributed by atoms with Gasteiger partial charge in [0, 0.05) is 12.3 Å². The molecule has 6 nitrogen and oxygen atoms in total. The van der Waals surface area contributed by atoms with Crippen molar-refractivity contribution in [2.75, 3.05) is 25.6 Å². The highest BCUT2D eigenvalue weighted by Gasteiger charge is 2.48. The van der Waals surface area contributed by atoms with Crippen molar-refractivity contribution < 1.29 is 23.8 Å². The quantitative estimate of drug-likeness (QED) is 0.739. The molecule has 24 heavy (non-hydrogen) atoms. The van der Waals surface area contributed by atoms with Gasteiger partial charge in [0.15, 0.2) is 0 Å². The predicted octanol–water partition coefficient (Wildman–Crippen LogP) is 3.02. The zero-order chi connectivity index (χ0) is 17.7. The molecule has 1 aromatic rings. The molecule has 1 aromatic carbocycles. The topological polar surface area (TPSA) is 73.9 Å². The van der Waals surface area contributed by atoms with Crippen molar-refractivity contribution in [1.82, 2.24) is 0 Å². The van der Waals surface area contributed by atoms with Crippen molar-refractivity contribution in [2.45, 2.75) is 39.2 Å². The van der Waals surface area contributed by atoms with Gasteiger partial charge in [-0.2, -0.15) is 0 Å². The first-order chi connectivity index (χ1) is 11.5. The summed E-state index contributed by atoms with van der Waals surface area (Å²) in [6, 6.07) is 4.89. The van der Waals surface area contributed by atoms with Crippen LogP contribution in [0.3, 0.4) is 0 Å². The summed E-state index contributed by atoms with van der Waals surface area (Å²) >= 11 is 0. The molecular formula is C18H25NO5. The molecule has 1 N–H and O–H groups in total. The van der Waals surface area contributed by atoms with E-state index in [0.29, 0.717) is 18.0 Å². The minimum atomic E-state index is -0.848. The molecule has 1 atom stereocenters. The second-order valence-electron chi connectivity index (χ2n) is 5.90. The summed E-state index contributed by atoms with van der Waals surface area (Å²) in [6.07, 6.45) is 1.97. The number of rotatable bonds is 8. The third kappa shape index (κ3) is 3.87.